The van der Waals surface area contributed by atoms with Gasteiger partial charge in [0, 0.05) is 31.3 Å². The molecule has 0 atom stereocenters. The molecule has 0 radical (unpaired) electrons. The lowest BCUT2D eigenvalue weighted by Gasteiger charge is -2.14. The Morgan fingerprint density at radius 3 is 2.65 bits per heavy atom. The molecule has 0 unspecified atom stereocenters. The molecule has 0 saturated carbocycles. The second-order valence-corrected chi connectivity index (χ2v) is 6.43. The Kier molecular flexibility index (Phi) is 9.34. The highest BCUT2D eigenvalue weighted by atomic mass is 127. The smallest absolute Gasteiger partial charge is 0.405 e. The summed E-state index contributed by atoms with van der Waals surface area (Å²) in [6.07, 6.45) is -1.31. The van der Waals surface area contributed by atoms with Crippen LogP contribution in [0.2, 0.25) is 0 Å². The van der Waals surface area contributed by atoms with Crippen LogP contribution in [0.3, 0.4) is 0 Å². The van der Waals surface area contributed by atoms with Gasteiger partial charge in [0.05, 0.1) is 6.54 Å². The fourth-order valence-corrected chi connectivity index (χ4v) is 2.88. The van der Waals surface area contributed by atoms with Gasteiger partial charge < -0.3 is 15.4 Å². The number of alkyl halides is 3. The van der Waals surface area contributed by atoms with Gasteiger partial charge in [-0.25, -0.2) is 4.99 Å². The van der Waals surface area contributed by atoms with Crippen molar-refractivity contribution in [1.29, 1.82) is 0 Å². The summed E-state index contributed by atoms with van der Waals surface area (Å²) in [5.41, 5.74) is 1.15. The van der Waals surface area contributed by atoms with E-state index < -0.39 is 6.36 Å². The van der Waals surface area contributed by atoms with E-state index in [9.17, 15) is 13.2 Å². The predicted molar refractivity (Wildman–Crippen MR) is 123 cm³/mol. The molecule has 0 bridgehead atoms. The van der Waals surface area contributed by atoms with Crippen molar-refractivity contribution in [3.8, 4) is 5.75 Å². The van der Waals surface area contributed by atoms with Gasteiger partial charge in [-0.2, -0.15) is 0 Å². The number of hydrogen-bond donors (Lipinski definition) is 2. The molecule has 11 heteroatoms. The first-order valence-corrected chi connectivity index (χ1v) is 9.61. The van der Waals surface area contributed by atoms with Gasteiger partial charge in [-0.3, -0.25) is 4.40 Å². The van der Waals surface area contributed by atoms with Crippen molar-refractivity contribution in [3.05, 3.63) is 60.0 Å². The molecule has 3 aromatic rings. The third-order valence-corrected chi connectivity index (χ3v) is 4.20. The van der Waals surface area contributed by atoms with Gasteiger partial charge in [0.15, 0.2) is 11.6 Å². The molecule has 0 spiro atoms. The second-order valence-electron chi connectivity index (χ2n) is 6.43. The summed E-state index contributed by atoms with van der Waals surface area (Å²) >= 11 is 0. The molecule has 31 heavy (non-hydrogen) atoms. The van der Waals surface area contributed by atoms with Crippen LogP contribution >= 0.6 is 24.0 Å². The van der Waals surface area contributed by atoms with E-state index >= 15 is 0 Å². The van der Waals surface area contributed by atoms with Gasteiger partial charge in [0.25, 0.3) is 0 Å². The van der Waals surface area contributed by atoms with Crippen LogP contribution in [0.4, 0.5) is 13.2 Å². The topological polar surface area (TPSA) is 75.8 Å². The molecule has 0 aliphatic rings. The molecule has 2 N–H and O–H groups in total. The lowest BCUT2D eigenvalue weighted by molar-refractivity contribution is -0.274. The molecule has 0 saturated heterocycles. The Labute approximate surface area is 195 Å². The van der Waals surface area contributed by atoms with Crippen LogP contribution in [-0.2, 0) is 13.0 Å². The minimum atomic E-state index is -4.74. The predicted octanol–water partition coefficient (Wildman–Crippen LogP) is 3.93. The number of rotatable bonds is 8. The first-order chi connectivity index (χ1) is 14.5. The summed E-state index contributed by atoms with van der Waals surface area (Å²) in [6.45, 7) is 3.21. The Balaban J connectivity index is 0.00000341. The average molecular weight is 548 g/mol. The SMILES string of the molecule is CCNC(=NCc1ccccc1OC(F)(F)F)NCCCc1nnc2ccccn12.I. The van der Waals surface area contributed by atoms with Crippen molar-refractivity contribution in [2.24, 2.45) is 4.99 Å². The van der Waals surface area contributed by atoms with Crippen LogP contribution < -0.4 is 15.4 Å². The average Bonchev–Trinajstić information content (AvgIpc) is 3.12. The summed E-state index contributed by atoms with van der Waals surface area (Å²) in [6, 6.07) is 11.7. The zero-order valence-corrected chi connectivity index (χ0v) is 19.2. The molecular formula is C20H24F3IN6O. The highest BCUT2D eigenvalue weighted by Crippen LogP contribution is 2.26. The summed E-state index contributed by atoms with van der Waals surface area (Å²) in [7, 11) is 0. The summed E-state index contributed by atoms with van der Waals surface area (Å²) < 4.78 is 43.7. The number of halogens is 4. The lowest BCUT2D eigenvalue weighted by atomic mass is 10.2. The Morgan fingerprint density at radius 1 is 1.10 bits per heavy atom. The minimum absolute atomic E-state index is 0. The van der Waals surface area contributed by atoms with Gasteiger partial charge >= 0.3 is 6.36 Å². The quantitative estimate of drug-likeness (QED) is 0.193. The number of aromatic nitrogens is 3. The molecule has 0 aliphatic carbocycles. The van der Waals surface area contributed by atoms with Gasteiger partial charge in [0.2, 0.25) is 0 Å². The molecule has 7 nitrogen and oxygen atoms in total. The Hall–Kier alpha value is -2.57. The fourth-order valence-electron chi connectivity index (χ4n) is 2.88. The minimum Gasteiger partial charge on any atom is -0.405 e. The number of ether oxygens (including phenoxy) is 1. The molecule has 1 aromatic carbocycles. The molecule has 0 amide bonds. The molecule has 2 aromatic heterocycles. The van der Waals surface area contributed by atoms with E-state index in [-0.39, 0.29) is 36.3 Å². The van der Waals surface area contributed by atoms with Gasteiger partial charge in [-0.1, -0.05) is 24.3 Å². The zero-order chi connectivity index (χ0) is 21.4. The molecule has 168 valence electrons. The number of para-hydroxylation sites is 1. The summed E-state index contributed by atoms with van der Waals surface area (Å²) in [5, 5.41) is 14.6. The normalized spacial score (nSPS) is 11.8. The lowest BCUT2D eigenvalue weighted by Crippen LogP contribution is -2.37. The maximum atomic E-state index is 12.6. The summed E-state index contributed by atoms with van der Waals surface area (Å²) in [4.78, 5) is 4.37. The van der Waals surface area contributed by atoms with E-state index in [1.54, 1.807) is 12.1 Å². The van der Waals surface area contributed by atoms with Crippen LogP contribution in [0.15, 0.2) is 53.7 Å². The maximum absolute atomic E-state index is 12.6. The number of aliphatic imine (C=N–C) groups is 1. The van der Waals surface area contributed by atoms with Gasteiger partial charge in [-0.15, -0.1) is 47.3 Å². The van der Waals surface area contributed by atoms with E-state index in [2.05, 4.69) is 30.6 Å². The van der Waals surface area contributed by atoms with E-state index in [0.717, 1.165) is 24.3 Å². The van der Waals surface area contributed by atoms with Crippen molar-refractivity contribution in [2.75, 3.05) is 13.1 Å². The van der Waals surface area contributed by atoms with E-state index in [0.29, 0.717) is 24.6 Å². The zero-order valence-electron chi connectivity index (χ0n) is 16.9. The Bertz CT molecular complexity index is 992. The van der Waals surface area contributed by atoms with Gasteiger partial charge in [-0.05, 0) is 31.5 Å². The maximum Gasteiger partial charge on any atom is 0.573 e. The first kappa shape index (κ1) is 24.7. The van der Waals surface area contributed by atoms with Crippen LogP contribution in [0.5, 0.6) is 5.75 Å². The number of nitrogens with one attached hydrogen (secondary N) is 2. The molecule has 2 heterocycles. The third kappa shape index (κ3) is 7.56. The van der Waals surface area contributed by atoms with E-state index in [1.165, 1.54) is 12.1 Å². The summed E-state index contributed by atoms with van der Waals surface area (Å²) in [5.74, 6) is 1.14. The van der Waals surface area contributed by atoms with Crippen LogP contribution in [-0.4, -0.2) is 40.0 Å². The molecule has 0 aliphatic heterocycles. The van der Waals surface area contributed by atoms with Crippen molar-refractivity contribution < 1.29 is 17.9 Å². The van der Waals surface area contributed by atoms with E-state index in [4.69, 9.17) is 0 Å². The van der Waals surface area contributed by atoms with Crippen molar-refractivity contribution in [3.63, 3.8) is 0 Å². The molecule has 0 fully saturated rings. The molecular weight excluding hydrogens is 524 g/mol. The number of pyridine rings is 1. The number of aryl methyl sites for hydroxylation is 1. The largest absolute Gasteiger partial charge is 0.573 e. The van der Waals surface area contributed by atoms with Crippen molar-refractivity contribution >= 4 is 35.6 Å². The van der Waals surface area contributed by atoms with Crippen LogP contribution in [0, 0.1) is 0 Å². The highest BCUT2D eigenvalue weighted by molar-refractivity contribution is 14.0. The van der Waals surface area contributed by atoms with E-state index in [1.807, 2.05) is 35.7 Å². The number of hydrogen-bond acceptors (Lipinski definition) is 4. The number of nitrogens with zero attached hydrogens (tertiary/aromatic N) is 4. The standard InChI is InChI=1S/C20H23F3N6O.HI/c1-2-24-19(26-14-15-8-3-4-9-16(15)30-20(21,22)23)25-12-7-11-18-28-27-17-10-5-6-13-29(17)18;/h3-6,8-10,13H,2,7,11-12,14H2,1H3,(H2,24,25,26);1H. The van der Waals surface area contributed by atoms with Crippen molar-refractivity contribution in [1.82, 2.24) is 25.2 Å². The third-order valence-electron chi connectivity index (χ3n) is 4.20. The Morgan fingerprint density at radius 2 is 1.87 bits per heavy atom. The van der Waals surface area contributed by atoms with Crippen molar-refractivity contribution in [2.45, 2.75) is 32.7 Å². The second kappa shape index (κ2) is 11.7. The van der Waals surface area contributed by atoms with Crippen LogP contribution in [0.25, 0.3) is 5.65 Å². The van der Waals surface area contributed by atoms with Gasteiger partial charge in [0.1, 0.15) is 11.6 Å². The fraction of sp³-hybridized carbons (Fsp3) is 0.350. The highest BCUT2D eigenvalue weighted by Gasteiger charge is 2.31. The monoisotopic (exact) mass is 548 g/mol. The number of fused-ring (bicyclic) bond motifs is 1. The molecule has 3 rings (SSSR count). The first-order valence-electron chi connectivity index (χ1n) is 9.61. The number of guanidine groups is 1. The number of benzene rings is 1. The van der Waals surface area contributed by atoms with Crippen LogP contribution in [0.1, 0.15) is 24.7 Å².